The van der Waals surface area contributed by atoms with Crippen LogP contribution in [0.2, 0.25) is 0 Å². The first-order valence-electron chi connectivity index (χ1n) is 11.9. The van der Waals surface area contributed by atoms with Crippen molar-refractivity contribution in [2.75, 3.05) is 6.61 Å². The van der Waals surface area contributed by atoms with E-state index in [1.807, 2.05) is 12.3 Å². The van der Waals surface area contributed by atoms with Gasteiger partial charge in [0.05, 0.1) is 10.9 Å². The van der Waals surface area contributed by atoms with Gasteiger partial charge in [-0.25, -0.2) is 4.99 Å². The number of hydrogen-bond acceptors (Lipinski definition) is 3. The summed E-state index contributed by atoms with van der Waals surface area (Å²) in [5.74, 6) is 0.720. The van der Waals surface area contributed by atoms with E-state index >= 15 is 0 Å². The molecule has 1 atom stereocenters. The van der Waals surface area contributed by atoms with Gasteiger partial charge in [0, 0.05) is 17.5 Å². The number of pyridine rings is 1. The summed E-state index contributed by atoms with van der Waals surface area (Å²) in [5, 5.41) is -0.219. The first-order valence-corrected chi connectivity index (χ1v) is 12.3. The molecule has 0 saturated carbocycles. The summed E-state index contributed by atoms with van der Waals surface area (Å²) in [6.07, 6.45) is 6.42. The average molecular weight is 461 g/mol. The Balaban J connectivity index is 1.62. The van der Waals surface area contributed by atoms with Crippen molar-refractivity contribution < 1.29 is 4.74 Å². The summed E-state index contributed by atoms with van der Waals surface area (Å²) in [6.45, 7) is 9.14. The van der Waals surface area contributed by atoms with Crippen molar-refractivity contribution in [1.82, 2.24) is 4.98 Å². The predicted molar refractivity (Wildman–Crippen MR) is 138 cm³/mol. The zero-order valence-corrected chi connectivity index (χ0v) is 20.8. The molecule has 1 aromatic heterocycles. The van der Waals surface area contributed by atoms with E-state index in [0.717, 1.165) is 52.3 Å². The third-order valence-corrected chi connectivity index (χ3v) is 6.67. The average Bonchev–Trinajstić information content (AvgIpc) is 3.18. The Labute approximate surface area is 202 Å². The lowest BCUT2D eigenvalue weighted by Gasteiger charge is -2.18. The fourth-order valence-electron chi connectivity index (χ4n) is 4.36. The van der Waals surface area contributed by atoms with E-state index in [1.54, 1.807) is 0 Å². The monoisotopic (exact) mass is 460 g/mol. The van der Waals surface area contributed by atoms with E-state index in [1.165, 1.54) is 18.4 Å². The number of rotatable bonds is 8. The van der Waals surface area contributed by atoms with Crippen LogP contribution in [0, 0.1) is 6.92 Å². The van der Waals surface area contributed by atoms with Gasteiger partial charge in [-0.15, -0.1) is 11.6 Å². The Kier molecular flexibility index (Phi) is 7.19. The molecule has 4 rings (SSSR count). The summed E-state index contributed by atoms with van der Waals surface area (Å²) in [7, 11) is 0. The van der Waals surface area contributed by atoms with Crippen molar-refractivity contribution in [2.45, 2.75) is 64.3 Å². The van der Waals surface area contributed by atoms with Gasteiger partial charge < -0.3 is 4.74 Å². The molecular formula is C29H33ClN2O. The molecule has 1 unspecified atom stereocenters. The van der Waals surface area contributed by atoms with E-state index in [4.69, 9.17) is 21.3 Å². The van der Waals surface area contributed by atoms with Gasteiger partial charge in [-0.05, 0) is 73.6 Å². The van der Waals surface area contributed by atoms with E-state index in [9.17, 15) is 0 Å². The number of benzene rings is 2. The van der Waals surface area contributed by atoms with Gasteiger partial charge in [0.2, 0.25) is 5.90 Å². The Hall–Kier alpha value is -2.65. The third-order valence-electron chi connectivity index (χ3n) is 6.20. The predicted octanol–water partition coefficient (Wildman–Crippen LogP) is 7.67. The van der Waals surface area contributed by atoms with Gasteiger partial charge in [-0.3, -0.25) is 4.98 Å². The second kappa shape index (κ2) is 10.1. The number of hydrogen-bond donors (Lipinski definition) is 0. The number of aryl methyl sites for hydroxylation is 2. The van der Waals surface area contributed by atoms with Crippen LogP contribution in [-0.2, 0) is 11.2 Å². The Bertz CT molecular complexity index is 1130. The molecule has 0 N–H and O–H groups in total. The van der Waals surface area contributed by atoms with Gasteiger partial charge in [0.1, 0.15) is 6.61 Å². The standard InChI is InChI=1S/C29H33ClN2O/c1-5-6-7-12-25-26(20(2)17-18-31-25)27(30)22-15-13-21(14-16-22)23-10-8-9-11-24(23)28-32-29(3,4)19-33-28/h8-11,13-18,27H,5-7,12,19H2,1-4H3. The highest BCUT2D eigenvalue weighted by Gasteiger charge is 2.28. The molecular weight excluding hydrogens is 428 g/mol. The van der Waals surface area contributed by atoms with E-state index in [2.05, 4.69) is 81.2 Å². The van der Waals surface area contributed by atoms with Crippen LogP contribution in [0.5, 0.6) is 0 Å². The van der Waals surface area contributed by atoms with Crippen LogP contribution in [0.3, 0.4) is 0 Å². The number of nitrogens with zero attached hydrogens (tertiary/aromatic N) is 2. The first kappa shape index (κ1) is 23.5. The van der Waals surface area contributed by atoms with Crippen molar-refractivity contribution >= 4 is 17.5 Å². The highest BCUT2D eigenvalue weighted by atomic mass is 35.5. The lowest BCUT2D eigenvalue weighted by molar-refractivity contribution is 0.279. The Morgan fingerprint density at radius 3 is 2.39 bits per heavy atom. The lowest BCUT2D eigenvalue weighted by Crippen LogP contribution is -2.17. The van der Waals surface area contributed by atoms with E-state index in [0.29, 0.717) is 6.61 Å². The quantitative estimate of drug-likeness (QED) is 0.255. The van der Waals surface area contributed by atoms with Crippen LogP contribution in [0.4, 0.5) is 0 Å². The molecule has 0 amide bonds. The number of unbranched alkanes of at least 4 members (excludes halogenated alkanes) is 2. The number of alkyl halides is 1. The molecule has 0 saturated heterocycles. The zero-order chi connectivity index (χ0) is 23.4. The molecule has 33 heavy (non-hydrogen) atoms. The number of halogens is 1. The summed E-state index contributed by atoms with van der Waals surface area (Å²) < 4.78 is 5.92. The molecule has 3 nitrogen and oxygen atoms in total. The topological polar surface area (TPSA) is 34.5 Å². The van der Waals surface area contributed by atoms with Gasteiger partial charge in [-0.2, -0.15) is 0 Å². The normalized spacial score (nSPS) is 15.7. The molecule has 0 radical (unpaired) electrons. The molecule has 2 aromatic carbocycles. The van der Waals surface area contributed by atoms with Gasteiger partial charge >= 0.3 is 0 Å². The van der Waals surface area contributed by atoms with Crippen molar-refractivity contribution in [3.63, 3.8) is 0 Å². The molecule has 3 aromatic rings. The SMILES string of the molecule is CCCCCc1nccc(C)c1C(Cl)c1ccc(-c2ccccc2C2=NC(C)(C)CO2)cc1. The smallest absolute Gasteiger partial charge is 0.217 e. The molecule has 172 valence electrons. The van der Waals surface area contributed by atoms with Crippen LogP contribution < -0.4 is 0 Å². The summed E-state index contributed by atoms with van der Waals surface area (Å²) in [5.41, 5.74) is 7.64. The van der Waals surface area contributed by atoms with Crippen LogP contribution >= 0.6 is 11.6 Å². The van der Waals surface area contributed by atoms with Crippen molar-refractivity contribution in [3.05, 3.63) is 88.7 Å². The molecule has 1 aliphatic rings. The van der Waals surface area contributed by atoms with Crippen molar-refractivity contribution in [1.29, 1.82) is 0 Å². The summed E-state index contributed by atoms with van der Waals surface area (Å²) >= 11 is 7.04. The molecule has 0 aliphatic carbocycles. The first-order chi connectivity index (χ1) is 15.9. The largest absolute Gasteiger partial charge is 0.475 e. The van der Waals surface area contributed by atoms with Crippen molar-refractivity contribution in [2.24, 2.45) is 4.99 Å². The van der Waals surface area contributed by atoms with Gasteiger partial charge in [-0.1, -0.05) is 62.2 Å². The zero-order valence-electron chi connectivity index (χ0n) is 20.1. The lowest BCUT2D eigenvalue weighted by atomic mass is 9.94. The number of aromatic nitrogens is 1. The molecule has 2 heterocycles. The summed E-state index contributed by atoms with van der Waals surface area (Å²) in [4.78, 5) is 9.46. The number of ether oxygens (including phenoxy) is 1. The highest BCUT2D eigenvalue weighted by molar-refractivity contribution is 6.22. The summed E-state index contributed by atoms with van der Waals surface area (Å²) in [6, 6.07) is 18.9. The second-order valence-electron chi connectivity index (χ2n) is 9.49. The van der Waals surface area contributed by atoms with Gasteiger partial charge in [0.15, 0.2) is 0 Å². The molecule has 4 heteroatoms. The van der Waals surface area contributed by atoms with Gasteiger partial charge in [0.25, 0.3) is 0 Å². The maximum atomic E-state index is 7.04. The van der Waals surface area contributed by atoms with Crippen molar-refractivity contribution in [3.8, 4) is 11.1 Å². The van der Waals surface area contributed by atoms with Crippen LogP contribution in [0.25, 0.3) is 11.1 Å². The Morgan fingerprint density at radius 2 is 1.73 bits per heavy atom. The van der Waals surface area contributed by atoms with E-state index < -0.39 is 0 Å². The minimum Gasteiger partial charge on any atom is -0.475 e. The molecule has 0 spiro atoms. The van der Waals surface area contributed by atoms with E-state index in [-0.39, 0.29) is 10.9 Å². The maximum absolute atomic E-state index is 7.04. The van der Waals surface area contributed by atoms with Crippen LogP contribution in [0.15, 0.2) is 65.8 Å². The van der Waals surface area contributed by atoms with Crippen LogP contribution in [0.1, 0.15) is 73.4 Å². The Morgan fingerprint density at radius 1 is 1.00 bits per heavy atom. The third kappa shape index (κ3) is 5.30. The fraction of sp³-hybridized carbons (Fsp3) is 0.379. The second-order valence-corrected chi connectivity index (χ2v) is 9.93. The maximum Gasteiger partial charge on any atom is 0.217 e. The fourth-order valence-corrected chi connectivity index (χ4v) is 4.80. The highest BCUT2D eigenvalue weighted by Crippen LogP contribution is 2.35. The molecule has 0 fully saturated rings. The molecule has 1 aliphatic heterocycles. The molecule has 0 bridgehead atoms. The number of aliphatic imine (C=N–C) groups is 1. The minimum absolute atomic E-state index is 0.186. The van der Waals surface area contributed by atoms with Crippen LogP contribution in [-0.4, -0.2) is 23.0 Å². The minimum atomic E-state index is -0.219.